The number of nitrogens with zero attached hydrogens (tertiary/aromatic N) is 4. The average molecular weight is 442 g/mol. The van der Waals surface area contributed by atoms with Gasteiger partial charge in [0, 0.05) is 67.4 Å². The van der Waals surface area contributed by atoms with E-state index in [4.69, 9.17) is 10.7 Å². The van der Waals surface area contributed by atoms with Gasteiger partial charge in [0.05, 0.1) is 0 Å². The van der Waals surface area contributed by atoms with E-state index in [2.05, 4.69) is 68.4 Å². The van der Waals surface area contributed by atoms with Crippen LogP contribution in [0.4, 0.5) is 11.4 Å². The van der Waals surface area contributed by atoms with Gasteiger partial charge in [-0.05, 0) is 68.1 Å². The summed E-state index contributed by atoms with van der Waals surface area (Å²) in [7, 11) is 2.17. The second kappa shape index (κ2) is 8.77. The van der Waals surface area contributed by atoms with Gasteiger partial charge in [0.2, 0.25) is 5.96 Å². The first-order chi connectivity index (χ1) is 16.0. The van der Waals surface area contributed by atoms with E-state index < -0.39 is 5.66 Å². The summed E-state index contributed by atoms with van der Waals surface area (Å²) < 4.78 is 2.07. The highest BCUT2D eigenvalue weighted by Gasteiger charge is 2.32. The Labute approximate surface area is 195 Å². The van der Waals surface area contributed by atoms with Gasteiger partial charge in [0.1, 0.15) is 0 Å². The van der Waals surface area contributed by atoms with E-state index in [1.54, 1.807) is 0 Å². The number of nitrogens with two attached hydrogens (primary N) is 1. The van der Waals surface area contributed by atoms with Gasteiger partial charge in [-0.3, -0.25) is 5.73 Å². The SMILES string of the molecule is CC1=CNC(Nc2ccc(N3CCN(C)CC3)cc2)=NC1(N)c1cccc(-n2cccc2)c1. The molecule has 7 heteroatoms. The van der Waals surface area contributed by atoms with Gasteiger partial charge < -0.3 is 25.0 Å². The van der Waals surface area contributed by atoms with Crippen LogP contribution in [0.25, 0.3) is 5.69 Å². The van der Waals surface area contributed by atoms with Crippen molar-refractivity contribution < 1.29 is 0 Å². The zero-order valence-corrected chi connectivity index (χ0v) is 19.2. The summed E-state index contributed by atoms with van der Waals surface area (Å²) in [5.74, 6) is 0.627. The molecule has 1 atom stereocenters. The summed E-state index contributed by atoms with van der Waals surface area (Å²) in [5, 5.41) is 6.63. The van der Waals surface area contributed by atoms with Gasteiger partial charge in [-0.25, -0.2) is 4.99 Å². The molecule has 5 rings (SSSR count). The molecule has 2 aliphatic heterocycles. The van der Waals surface area contributed by atoms with Gasteiger partial charge in [-0.2, -0.15) is 0 Å². The predicted molar refractivity (Wildman–Crippen MR) is 136 cm³/mol. The molecule has 1 fully saturated rings. The Morgan fingerprint density at radius 3 is 2.39 bits per heavy atom. The molecule has 0 aliphatic carbocycles. The van der Waals surface area contributed by atoms with Crippen LogP contribution >= 0.6 is 0 Å². The smallest absolute Gasteiger partial charge is 0.202 e. The topological polar surface area (TPSA) is 73.8 Å². The molecule has 2 aliphatic rings. The van der Waals surface area contributed by atoms with E-state index >= 15 is 0 Å². The van der Waals surface area contributed by atoms with Crippen molar-refractivity contribution in [3.63, 3.8) is 0 Å². The Kier molecular flexibility index (Phi) is 5.66. The van der Waals surface area contributed by atoms with Crippen molar-refractivity contribution in [2.45, 2.75) is 12.6 Å². The molecule has 4 N–H and O–H groups in total. The number of anilines is 2. The Balaban J connectivity index is 1.35. The number of hydrogen-bond acceptors (Lipinski definition) is 6. The number of benzene rings is 2. The quantitative estimate of drug-likeness (QED) is 0.579. The van der Waals surface area contributed by atoms with Crippen LogP contribution in [-0.2, 0) is 5.66 Å². The fraction of sp³-hybridized carbons (Fsp3) is 0.269. The van der Waals surface area contributed by atoms with Gasteiger partial charge in [0.15, 0.2) is 5.66 Å². The largest absolute Gasteiger partial charge is 0.369 e. The van der Waals surface area contributed by atoms with E-state index in [-0.39, 0.29) is 0 Å². The van der Waals surface area contributed by atoms with E-state index in [9.17, 15) is 0 Å². The maximum Gasteiger partial charge on any atom is 0.202 e. The Hall–Kier alpha value is -3.55. The van der Waals surface area contributed by atoms with Crippen LogP contribution in [0, 0.1) is 0 Å². The molecule has 33 heavy (non-hydrogen) atoms. The monoisotopic (exact) mass is 441 g/mol. The molecule has 7 nitrogen and oxygen atoms in total. The Bertz CT molecular complexity index is 1160. The summed E-state index contributed by atoms with van der Waals surface area (Å²) in [4.78, 5) is 9.67. The number of nitrogens with one attached hydrogen (secondary N) is 2. The minimum Gasteiger partial charge on any atom is -0.369 e. The average Bonchev–Trinajstić information content (AvgIpc) is 3.38. The van der Waals surface area contributed by atoms with Crippen LogP contribution < -0.4 is 21.3 Å². The van der Waals surface area contributed by atoms with E-state index in [1.807, 2.05) is 49.8 Å². The Morgan fingerprint density at radius 1 is 0.939 bits per heavy atom. The lowest BCUT2D eigenvalue weighted by Crippen LogP contribution is -2.45. The molecular formula is C26H31N7. The first-order valence-electron chi connectivity index (χ1n) is 11.4. The number of hydrogen-bond donors (Lipinski definition) is 3. The Morgan fingerprint density at radius 2 is 1.67 bits per heavy atom. The number of rotatable bonds is 4. The van der Waals surface area contributed by atoms with Crippen LogP contribution in [0.3, 0.4) is 0 Å². The van der Waals surface area contributed by atoms with Gasteiger partial charge in [-0.15, -0.1) is 0 Å². The number of piperazine rings is 1. The minimum absolute atomic E-state index is 0.627. The number of aromatic nitrogens is 1. The second-order valence-electron chi connectivity index (χ2n) is 8.80. The molecule has 1 saturated heterocycles. The van der Waals surface area contributed by atoms with Crippen molar-refractivity contribution in [2.75, 3.05) is 43.4 Å². The molecule has 1 unspecified atom stereocenters. The molecule has 3 heterocycles. The van der Waals surface area contributed by atoms with Crippen molar-refractivity contribution in [1.82, 2.24) is 14.8 Å². The molecule has 1 aromatic heterocycles. The summed E-state index contributed by atoms with van der Waals surface area (Å²) >= 11 is 0. The maximum absolute atomic E-state index is 6.87. The third kappa shape index (κ3) is 4.37. The number of guanidine groups is 1. The van der Waals surface area contributed by atoms with Crippen molar-refractivity contribution in [2.24, 2.45) is 10.7 Å². The molecule has 2 aromatic carbocycles. The van der Waals surface area contributed by atoms with Crippen molar-refractivity contribution in [3.8, 4) is 5.69 Å². The highest BCUT2D eigenvalue weighted by Crippen LogP contribution is 2.31. The molecule has 0 bridgehead atoms. The summed E-state index contributed by atoms with van der Waals surface area (Å²) in [6.45, 7) is 6.30. The summed E-state index contributed by atoms with van der Waals surface area (Å²) in [5.41, 5.74) is 11.1. The summed E-state index contributed by atoms with van der Waals surface area (Å²) in [6, 6.07) is 20.7. The van der Waals surface area contributed by atoms with E-state index in [0.717, 1.165) is 48.7 Å². The van der Waals surface area contributed by atoms with Crippen LogP contribution in [0.2, 0.25) is 0 Å². The van der Waals surface area contributed by atoms with Gasteiger partial charge in [-0.1, -0.05) is 12.1 Å². The lowest BCUT2D eigenvalue weighted by molar-refractivity contribution is 0.313. The van der Waals surface area contributed by atoms with Gasteiger partial charge in [0.25, 0.3) is 0 Å². The normalized spacial score (nSPS) is 21.2. The number of aliphatic imine (C=N–C) groups is 1. The maximum atomic E-state index is 6.87. The molecule has 0 saturated carbocycles. The standard InChI is InChI=1S/C26H31N7/c1-20-19-28-25(29-22-8-10-23(11-9-22)33-16-14-31(2)15-17-33)30-26(20,27)21-6-5-7-24(18-21)32-12-3-4-13-32/h3-13,18-19H,14-17,27H2,1-2H3,(H2,28,29,30). The lowest BCUT2D eigenvalue weighted by atomic mass is 9.92. The van der Waals surface area contributed by atoms with E-state index in [0.29, 0.717) is 5.96 Å². The third-order valence-corrected chi connectivity index (χ3v) is 6.50. The van der Waals surface area contributed by atoms with Gasteiger partial charge >= 0.3 is 0 Å². The zero-order chi connectivity index (χ0) is 22.8. The first-order valence-corrected chi connectivity index (χ1v) is 11.4. The molecule has 0 spiro atoms. The molecule has 0 radical (unpaired) electrons. The zero-order valence-electron chi connectivity index (χ0n) is 19.2. The predicted octanol–water partition coefficient (Wildman–Crippen LogP) is 3.32. The van der Waals surface area contributed by atoms with Crippen LogP contribution in [0.5, 0.6) is 0 Å². The van der Waals surface area contributed by atoms with Crippen LogP contribution in [0.15, 0.2) is 89.8 Å². The fourth-order valence-corrected chi connectivity index (χ4v) is 4.31. The third-order valence-electron chi connectivity index (χ3n) is 6.50. The van der Waals surface area contributed by atoms with Crippen molar-refractivity contribution >= 4 is 17.3 Å². The highest BCUT2D eigenvalue weighted by molar-refractivity contribution is 5.95. The molecule has 0 amide bonds. The van der Waals surface area contributed by atoms with Crippen LogP contribution in [0.1, 0.15) is 12.5 Å². The fourth-order valence-electron chi connectivity index (χ4n) is 4.31. The second-order valence-corrected chi connectivity index (χ2v) is 8.80. The van der Waals surface area contributed by atoms with Crippen molar-refractivity contribution in [1.29, 1.82) is 0 Å². The highest BCUT2D eigenvalue weighted by atomic mass is 15.3. The van der Waals surface area contributed by atoms with Crippen LogP contribution in [-0.4, -0.2) is 48.7 Å². The minimum atomic E-state index is -0.948. The molecule has 170 valence electrons. The molecular weight excluding hydrogens is 410 g/mol. The molecule has 3 aromatic rings. The lowest BCUT2D eigenvalue weighted by Gasteiger charge is -2.34. The van der Waals surface area contributed by atoms with Crippen molar-refractivity contribution in [3.05, 3.63) is 90.4 Å². The first kappa shape index (κ1) is 21.3. The van der Waals surface area contributed by atoms with E-state index in [1.165, 1.54) is 5.69 Å². The number of likely N-dealkylation sites (N-methyl/N-ethyl adjacent to an activating group) is 1. The summed E-state index contributed by atoms with van der Waals surface area (Å²) in [6.07, 6.45) is 5.97.